The molecule has 0 bridgehead atoms. The molecule has 4 heteroatoms. The predicted molar refractivity (Wildman–Crippen MR) is 78.1 cm³/mol. The molecule has 3 N–H and O–H groups in total. The molecule has 0 amide bonds. The van der Waals surface area contributed by atoms with Crippen molar-refractivity contribution >= 4 is 0 Å². The zero-order valence-electron chi connectivity index (χ0n) is 11.8. The van der Waals surface area contributed by atoms with Gasteiger partial charge >= 0.3 is 0 Å². The van der Waals surface area contributed by atoms with E-state index in [9.17, 15) is 5.11 Å². The number of aliphatic hydroxyl groups is 1. The molecule has 0 saturated carbocycles. The first-order chi connectivity index (χ1) is 9.64. The number of hydrogen-bond acceptors (Lipinski definition) is 3. The smallest absolute Gasteiger partial charge is 0.111 e. The molecule has 1 aromatic carbocycles. The second-order valence-electron chi connectivity index (χ2n) is 5.64. The largest absolute Gasteiger partial charge is 0.385 e. The number of imidazole rings is 1. The van der Waals surface area contributed by atoms with Crippen LogP contribution in [0.15, 0.2) is 36.7 Å². The van der Waals surface area contributed by atoms with Gasteiger partial charge in [-0.2, -0.15) is 0 Å². The second kappa shape index (κ2) is 5.04. The maximum atomic E-state index is 11.0. The van der Waals surface area contributed by atoms with Crippen LogP contribution >= 0.6 is 0 Å². The van der Waals surface area contributed by atoms with Gasteiger partial charge in [0.25, 0.3) is 0 Å². The summed E-state index contributed by atoms with van der Waals surface area (Å²) in [6, 6.07) is 7.83. The fourth-order valence-corrected chi connectivity index (χ4v) is 3.21. The first-order valence-electron chi connectivity index (χ1n) is 7.21. The summed E-state index contributed by atoms with van der Waals surface area (Å²) in [4.78, 5) is 4.40. The molecule has 0 fully saturated rings. The molecule has 106 valence electrons. The molecule has 2 aromatic rings. The number of rotatable bonds is 4. The predicted octanol–water partition coefficient (Wildman–Crippen LogP) is 2.13. The Kier molecular flexibility index (Phi) is 3.36. The van der Waals surface area contributed by atoms with E-state index >= 15 is 0 Å². The van der Waals surface area contributed by atoms with Crippen LogP contribution in [0.1, 0.15) is 42.8 Å². The molecular weight excluding hydrogens is 250 g/mol. The summed E-state index contributed by atoms with van der Waals surface area (Å²) in [6.45, 7) is 3.07. The van der Waals surface area contributed by atoms with Crippen molar-refractivity contribution in [2.75, 3.05) is 0 Å². The van der Waals surface area contributed by atoms with Crippen LogP contribution in [0.25, 0.3) is 0 Å². The lowest BCUT2D eigenvalue weighted by atomic mass is 9.92. The Bertz CT molecular complexity index is 607. The molecule has 1 aliphatic rings. The summed E-state index contributed by atoms with van der Waals surface area (Å²) in [5, 5.41) is 11.0. The third-order valence-electron chi connectivity index (χ3n) is 4.14. The van der Waals surface area contributed by atoms with Crippen LogP contribution in [0.5, 0.6) is 0 Å². The molecule has 0 aliphatic heterocycles. The van der Waals surface area contributed by atoms with Crippen LogP contribution in [0.3, 0.4) is 0 Å². The summed E-state index contributed by atoms with van der Waals surface area (Å²) in [5.41, 5.74) is 7.28. The van der Waals surface area contributed by atoms with Crippen LogP contribution in [0.4, 0.5) is 0 Å². The summed E-state index contributed by atoms with van der Waals surface area (Å²) in [7, 11) is 0. The van der Waals surface area contributed by atoms with Gasteiger partial charge in [0.05, 0.1) is 5.60 Å². The minimum Gasteiger partial charge on any atom is -0.385 e. The lowest BCUT2D eigenvalue weighted by molar-refractivity contribution is 0.0313. The van der Waals surface area contributed by atoms with Crippen LogP contribution in [0.2, 0.25) is 0 Å². The topological polar surface area (TPSA) is 64.1 Å². The van der Waals surface area contributed by atoms with E-state index in [0.717, 1.165) is 29.9 Å². The highest BCUT2D eigenvalue weighted by Crippen LogP contribution is 2.43. The maximum Gasteiger partial charge on any atom is 0.111 e. The quantitative estimate of drug-likeness (QED) is 0.895. The van der Waals surface area contributed by atoms with Gasteiger partial charge in [0, 0.05) is 37.8 Å². The van der Waals surface area contributed by atoms with Gasteiger partial charge in [-0.3, -0.25) is 0 Å². The SMILES string of the molecule is CCCn1ccnc1CC1(O)CC(N)c2ccccc21. The Morgan fingerprint density at radius 3 is 3.05 bits per heavy atom. The van der Waals surface area contributed by atoms with Crippen molar-refractivity contribution in [3.8, 4) is 0 Å². The van der Waals surface area contributed by atoms with Crippen LogP contribution in [-0.4, -0.2) is 14.7 Å². The van der Waals surface area contributed by atoms with Crippen LogP contribution in [-0.2, 0) is 18.6 Å². The Hall–Kier alpha value is -1.65. The molecule has 0 spiro atoms. The average Bonchev–Trinajstić information content (AvgIpc) is 2.95. The van der Waals surface area contributed by atoms with Gasteiger partial charge in [-0.15, -0.1) is 0 Å². The Balaban J connectivity index is 1.92. The molecule has 2 unspecified atom stereocenters. The molecule has 3 rings (SSSR count). The van der Waals surface area contributed by atoms with Crippen molar-refractivity contribution < 1.29 is 5.11 Å². The molecule has 2 atom stereocenters. The number of aryl methyl sites for hydroxylation is 1. The molecular formula is C16H21N3O. The highest BCUT2D eigenvalue weighted by atomic mass is 16.3. The van der Waals surface area contributed by atoms with E-state index in [4.69, 9.17) is 5.73 Å². The summed E-state index contributed by atoms with van der Waals surface area (Å²) in [6.07, 6.45) is 5.91. The molecule has 20 heavy (non-hydrogen) atoms. The average molecular weight is 271 g/mol. The molecule has 0 saturated heterocycles. The second-order valence-corrected chi connectivity index (χ2v) is 5.64. The Morgan fingerprint density at radius 1 is 1.45 bits per heavy atom. The third-order valence-corrected chi connectivity index (χ3v) is 4.14. The number of benzene rings is 1. The first-order valence-corrected chi connectivity index (χ1v) is 7.21. The monoisotopic (exact) mass is 271 g/mol. The molecule has 1 aromatic heterocycles. The van der Waals surface area contributed by atoms with Gasteiger partial charge in [-0.05, 0) is 17.5 Å². The normalized spacial score (nSPS) is 24.9. The fourth-order valence-electron chi connectivity index (χ4n) is 3.21. The number of aromatic nitrogens is 2. The van der Waals surface area contributed by atoms with Gasteiger partial charge in [-0.1, -0.05) is 31.2 Å². The van der Waals surface area contributed by atoms with E-state index in [1.54, 1.807) is 6.20 Å². The van der Waals surface area contributed by atoms with E-state index in [2.05, 4.69) is 16.5 Å². The van der Waals surface area contributed by atoms with Crippen molar-refractivity contribution in [2.24, 2.45) is 5.73 Å². The van der Waals surface area contributed by atoms with Crippen molar-refractivity contribution in [2.45, 2.75) is 44.4 Å². The fraction of sp³-hybridized carbons (Fsp3) is 0.438. The first kappa shape index (κ1) is 13.3. The maximum absolute atomic E-state index is 11.0. The van der Waals surface area contributed by atoms with Crippen molar-refractivity contribution in [1.82, 2.24) is 9.55 Å². The van der Waals surface area contributed by atoms with Gasteiger partial charge in [-0.25, -0.2) is 4.98 Å². The number of nitrogens with two attached hydrogens (primary N) is 1. The number of nitrogens with zero attached hydrogens (tertiary/aromatic N) is 2. The van der Waals surface area contributed by atoms with E-state index in [0.29, 0.717) is 12.8 Å². The Labute approximate surface area is 119 Å². The highest BCUT2D eigenvalue weighted by molar-refractivity contribution is 5.40. The van der Waals surface area contributed by atoms with E-state index < -0.39 is 5.60 Å². The lowest BCUT2D eigenvalue weighted by Gasteiger charge is -2.24. The number of fused-ring (bicyclic) bond motifs is 1. The highest BCUT2D eigenvalue weighted by Gasteiger charge is 2.41. The van der Waals surface area contributed by atoms with Crippen molar-refractivity contribution in [3.63, 3.8) is 0 Å². The standard InChI is InChI=1S/C16H21N3O/c1-2-8-19-9-7-18-15(19)11-16(20)10-14(17)12-5-3-4-6-13(12)16/h3-7,9,14,20H,2,8,10-11,17H2,1H3. The van der Waals surface area contributed by atoms with E-state index in [-0.39, 0.29) is 6.04 Å². The van der Waals surface area contributed by atoms with Gasteiger partial charge in [0.15, 0.2) is 0 Å². The van der Waals surface area contributed by atoms with Crippen molar-refractivity contribution in [3.05, 3.63) is 53.6 Å². The van der Waals surface area contributed by atoms with Crippen LogP contribution < -0.4 is 5.73 Å². The summed E-state index contributed by atoms with van der Waals surface area (Å²) in [5.74, 6) is 0.929. The lowest BCUT2D eigenvalue weighted by Crippen LogP contribution is -2.28. The molecule has 1 aliphatic carbocycles. The van der Waals surface area contributed by atoms with Crippen molar-refractivity contribution in [1.29, 1.82) is 0 Å². The van der Waals surface area contributed by atoms with Gasteiger partial charge in [0.2, 0.25) is 0 Å². The van der Waals surface area contributed by atoms with Gasteiger partial charge < -0.3 is 15.4 Å². The van der Waals surface area contributed by atoms with Crippen LogP contribution in [0, 0.1) is 0 Å². The molecule has 1 heterocycles. The third kappa shape index (κ3) is 2.15. The van der Waals surface area contributed by atoms with Gasteiger partial charge in [0.1, 0.15) is 5.82 Å². The Morgan fingerprint density at radius 2 is 2.25 bits per heavy atom. The summed E-state index contributed by atoms with van der Waals surface area (Å²) >= 11 is 0. The zero-order valence-corrected chi connectivity index (χ0v) is 11.8. The zero-order chi connectivity index (χ0) is 14.2. The van der Waals surface area contributed by atoms with E-state index in [1.807, 2.05) is 30.5 Å². The molecule has 0 radical (unpaired) electrons. The minimum atomic E-state index is -0.896. The molecule has 4 nitrogen and oxygen atoms in total. The van der Waals surface area contributed by atoms with E-state index in [1.165, 1.54) is 0 Å². The minimum absolute atomic E-state index is 0.0919. The summed E-state index contributed by atoms with van der Waals surface area (Å²) < 4.78 is 2.12. The number of hydrogen-bond donors (Lipinski definition) is 2.